The van der Waals surface area contributed by atoms with Gasteiger partial charge in [-0.3, -0.25) is 29.8 Å². The molecule has 4 aliphatic rings. The number of non-ortho nitro benzene ring substituents is 1. The molecule has 2 aromatic carbocycles. The standard InChI is InChI=1S/C52H75N7O9S/c1-35(2)14-12-15-36(3)41-23-24-42-40-22-21-38-34-39(26-29-51(38,4)43(40)27-30-52(41,42)5)57(69(66,67)46-18-11-10-17-44(46)58(62)63)33-13-31-53-48(61)28-32-54-47(60)19-9-7-6-8-16-37-20-25-45(59(64)65)50-49(37)55-68-56-50/h10-11,17-18,20-21,25,35-36,39-43H,6-9,12-16,19,22-24,26-34H2,1-5H3,(H,53,61)(H,54,60)/t36?,39-,40?,41+,42?,43?,51-,52+/m0/s1. The first kappa shape index (κ1) is 52.1. The minimum absolute atomic E-state index is 0.0109. The molecule has 0 bridgehead atoms. The van der Waals surface area contributed by atoms with Crippen LogP contribution in [0.3, 0.4) is 0 Å². The second kappa shape index (κ2) is 22.5. The number of carbonyl (C=O) groups excluding carboxylic acids is 2. The number of nitrogens with zero attached hydrogens (tertiary/aromatic N) is 5. The Labute approximate surface area is 407 Å². The Morgan fingerprint density at radius 3 is 2.30 bits per heavy atom. The molecule has 4 aliphatic carbocycles. The average Bonchev–Trinajstić information content (AvgIpc) is 3.95. The molecule has 3 fully saturated rings. The van der Waals surface area contributed by atoms with Crippen LogP contribution in [0.1, 0.15) is 156 Å². The van der Waals surface area contributed by atoms with Gasteiger partial charge in [-0.2, -0.15) is 4.31 Å². The molecular formula is C52H75N7O9S. The number of carbonyl (C=O) groups is 2. The number of hydrogen-bond donors (Lipinski definition) is 2. The van der Waals surface area contributed by atoms with Gasteiger partial charge in [-0.15, -0.1) is 0 Å². The number of nitro benzene ring substituents is 2. The van der Waals surface area contributed by atoms with Crippen molar-refractivity contribution in [1.82, 2.24) is 25.3 Å². The number of allylic oxidation sites excluding steroid dienone is 1. The summed E-state index contributed by atoms with van der Waals surface area (Å²) in [6.07, 6.45) is 19.1. The first-order valence-corrected chi connectivity index (χ1v) is 27.3. The van der Waals surface area contributed by atoms with Gasteiger partial charge in [0.25, 0.3) is 5.69 Å². The van der Waals surface area contributed by atoms with E-state index in [4.69, 9.17) is 4.63 Å². The van der Waals surface area contributed by atoms with Crippen LogP contribution in [0.15, 0.2) is 57.6 Å². The lowest BCUT2D eigenvalue weighted by molar-refractivity contribution is -0.387. The van der Waals surface area contributed by atoms with E-state index in [1.165, 1.54) is 85.2 Å². The van der Waals surface area contributed by atoms with Gasteiger partial charge in [0.1, 0.15) is 5.52 Å². The van der Waals surface area contributed by atoms with E-state index in [1.807, 2.05) is 0 Å². The third kappa shape index (κ3) is 11.6. The third-order valence-electron chi connectivity index (χ3n) is 17.2. The number of aromatic nitrogens is 2. The molecule has 1 aromatic heterocycles. The lowest BCUT2D eigenvalue weighted by atomic mass is 9.47. The predicted octanol–water partition coefficient (Wildman–Crippen LogP) is 10.6. The molecule has 0 spiro atoms. The first-order chi connectivity index (χ1) is 33.0. The Morgan fingerprint density at radius 1 is 0.812 bits per heavy atom. The number of sulfonamides is 1. The Kier molecular flexibility index (Phi) is 17.0. The maximum Gasteiger partial charge on any atom is 0.300 e. The maximum atomic E-state index is 14.6. The lowest BCUT2D eigenvalue weighted by Crippen LogP contribution is -2.53. The van der Waals surface area contributed by atoms with Crippen LogP contribution in [0.2, 0.25) is 0 Å². The average molecular weight is 974 g/mol. The summed E-state index contributed by atoms with van der Waals surface area (Å²) < 4.78 is 35.4. The molecule has 8 atom stereocenters. The Morgan fingerprint density at radius 2 is 1.54 bits per heavy atom. The van der Waals surface area contributed by atoms with Gasteiger partial charge in [0.15, 0.2) is 4.90 Å². The van der Waals surface area contributed by atoms with Crippen molar-refractivity contribution in [3.63, 3.8) is 0 Å². The molecule has 17 heteroatoms. The third-order valence-corrected chi connectivity index (χ3v) is 19.2. The number of benzene rings is 2. The maximum absolute atomic E-state index is 14.6. The normalized spacial score (nSPS) is 26.0. The van der Waals surface area contributed by atoms with Gasteiger partial charge in [-0.25, -0.2) is 13.0 Å². The van der Waals surface area contributed by atoms with Crippen molar-refractivity contribution in [2.45, 2.75) is 168 Å². The van der Waals surface area contributed by atoms with Gasteiger partial charge >= 0.3 is 5.69 Å². The zero-order chi connectivity index (χ0) is 49.5. The Hall–Kier alpha value is -4.77. The van der Waals surface area contributed by atoms with Crippen LogP contribution < -0.4 is 10.6 Å². The molecule has 0 aliphatic heterocycles. The van der Waals surface area contributed by atoms with Gasteiger partial charge < -0.3 is 10.6 Å². The fraction of sp³-hybridized carbons (Fsp3) is 0.692. The molecule has 7 rings (SSSR count). The number of hydrogen-bond acceptors (Lipinski definition) is 11. The molecule has 1 heterocycles. The van der Waals surface area contributed by atoms with Crippen molar-refractivity contribution >= 4 is 44.2 Å². The summed E-state index contributed by atoms with van der Waals surface area (Å²) in [5.74, 6) is 3.75. The molecule has 3 aromatic rings. The predicted molar refractivity (Wildman–Crippen MR) is 264 cm³/mol. The van der Waals surface area contributed by atoms with Gasteiger partial charge in [0.2, 0.25) is 27.4 Å². The zero-order valence-corrected chi connectivity index (χ0v) is 42.3. The lowest BCUT2D eigenvalue weighted by Gasteiger charge is -2.59. The van der Waals surface area contributed by atoms with E-state index in [0.717, 1.165) is 55.4 Å². The van der Waals surface area contributed by atoms with Crippen molar-refractivity contribution in [1.29, 1.82) is 0 Å². The second-order valence-electron chi connectivity index (χ2n) is 21.7. The van der Waals surface area contributed by atoms with Crippen LogP contribution in [-0.2, 0) is 26.0 Å². The van der Waals surface area contributed by atoms with Gasteiger partial charge in [-0.1, -0.05) is 90.5 Å². The summed E-state index contributed by atoms with van der Waals surface area (Å²) in [5, 5.41) is 36.6. The molecule has 16 nitrogen and oxygen atoms in total. The van der Waals surface area contributed by atoms with Crippen molar-refractivity contribution < 1.29 is 32.5 Å². The highest BCUT2D eigenvalue weighted by Gasteiger charge is 2.59. The van der Waals surface area contributed by atoms with Crippen LogP contribution in [0.25, 0.3) is 11.0 Å². The number of aryl methyl sites for hydroxylation is 1. The van der Waals surface area contributed by atoms with E-state index in [1.54, 1.807) is 6.07 Å². The number of fused-ring (bicyclic) bond motifs is 6. The van der Waals surface area contributed by atoms with Crippen LogP contribution in [0, 0.1) is 66.6 Å². The molecule has 378 valence electrons. The van der Waals surface area contributed by atoms with Crippen molar-refractivity contribution in [3.8, 4) is 0 Å². The molecule has 3 saturated carbocycles. The highest BCUT2D eigenvalue weighted by atomic mass is 32.2. The number of para-hydroxylation sites is 1. The summed E-state index contributed by atoms with van der Waals surface area (Å²) in [5.41, 5.74) is 2.45. The Balaban J connectivity index is 0.893. The smallest absolute Gasteiger partial charge is 0.300 e. The largest absolute Gasteiger partial charge is 0.356 e. The topological polar surface area (TPSA) is 221 Å². The summed E-state index contributed by atoms with van der Waals surface area (Å²) in [6.45, 7) is 12.7. The first-order valence-electron chi connectivity index (χ1n) is 25.8. The van der Waals surface area contributed by atoms with Crippen molar-refractivity contribution in [3.05, 3.63) is 73.8 Å². The highest BCUT2D eigenvalue weighted by Crippen LogP contribution is 2.67. The number of nitrogens with one attached hydrogen (secondary N) is 2. The fourth-order valence-electron chi connectivity index (χ4n) is 13.5. The van der Waals surface area contributed by atoms with Crippen molar-refractivity contribution in [2.24, 2.45) is 46.3 Å². The van der Waals surface area contributed by atoms with Crippen LogP contribution >= 0.6 is 0 Å². The minimum Gasteiger partial charge on any atom is -0.356 e. The summed E-state index contributed by atoms with van der Waals surface area (Å²) >= 11 is 0. The number of unbranched alkanes of at least 4 members (excludes halogenated alkanes) is 3. The van der Waals surface area contributed by atoms with Crippen LogP contribution in [0.5, 0.6) is 0 Å². The number of amides is 2. The summed E-state index contributed by atoms with van der Waals surface area (Å²) in [7, 11) is -4.29. The molecule has 0 saturated heterocycles. The summed E-state index contributed by atoms with van der Waals surface area (Å²) in [6, 6.07) is 8.28. The zero-order valence-electron chi connectivity index (χ0n) is 41.5. The quantitative estimate of drug-likeness (QED) is 0.0372. The number of rotatable bonds is 24. The fourth-order valence-corrected chi connectivity index (χ4v) is 15.4. The van der Waals surface area contributed by atoms with E-state index >= 15 is 0 Å². The van der Waals surface area contributed by atoms with Crippen molar-refractivity contribution in [2.75, 3.05) is 19.6 Å². The SMILES string of the molecule is CC(C)CCCC(C)[C@H]1CCC2C3CC=C4C[C@@H](N(CCCNC(=O)CCNC(=O)CCCCCCc5ccc([N+](=O)[O-])c6nonc56)S(=O)(=O)c5ccccc5[N+](=O)[O-])CC[C@]4(C)C3CC[C@@]21C. The summed E-state index contributed by atoms with van der Waals surface area (Å²) in [4.78, 5) is 47.3. The molecule has 2 N–H and O–H groups in total. The van der Waals surface area contributed by atoms with E-state index in [9.17, 15) is 38.2 Å². The van der Waals surface area contributed by atoms with E-state index in [-0.39, 0.29) is 65.4 Å². The molecule has 2 amide bonds. The molecule has 69 heavy (non-hydrogen) atoms. The monoisotopic (exact) mass is 974 g/mol. The van der Waals surface area contributed by atoms with Gasteiger partial charge in [0, 0.05) is 50.7 Å². The van der Waals surface area contributed by atoms with Gasteiger partial charge in [0.05, 0.1) is 9.85 Å². The molecule has 0 radical (unpaired) electrons. The van der Waals surface area contributed by atoms with Crippen LogP contribution in [0.4, 0.5) is 11.4 Å². The Bertz CT molecular complexity index is 2460. The van der Waals surface area contributed by atoms with E-state index < -0.39 is 25.6 Å². The minimum atomic E-state index is -4.29. The molecule has 4 unspecified atom stereocenters. The highest BCUT2D eigenvalue weighted by molar-refractivity contribution is 7.89. The molecular weight excluding hydrogens is 899 g/mol. The number of nitro groups is 2. The second-order valence-corrected chi connectivity index (χ2v) is 23.6. The van der Waals surface area contributed by atoms with Crippen LogP contribution in [-0.4, -0.2) is 70.4 Å². The van der Waals surface area contributed by atoms with Gasteiger partial charge in [-0.05, 0) is 151 Å². The van der Waals surface area contributed by atoms with E-state index in [2.05, 4.69) is 61.6 Å². The van der Waals surface area contributed by atoms with E-state index in [0.29, 0.717) is 67.2 Å².